The fourth-order valence-electron chi connectivity index (χ4n) is 4.23. The minimum atomic E-state index is -0.248. The Morgan fingerprint density at radius 3 is 2.61 bits per heavy atom. The maximum absolute atomic E-state index is 13.0. The molecule has 0 saturated heterocycles. The molecule has 36 heavy (non-hydrogen) atoms. The zero-order chi connectivity index (χ0) is 25.2. The van der Waals surface area contributed by atoms with Gasteiger partial charge in [-0.15, -0.1) is 0 Å². The van der Waals surface area contributed by atoms with Gasteiger partial charge >= 0.3 is 0 Å². The molecule has 0 saturated carbocycles. The van der Waals surface area contributed by atoms with Gasteiger partial charge in [-0.05, 0) is 67.3 Å². The van der Waals surface area contributed by atoms with Crippen LogP contribution in [0.1, 0.15) is 29.5 Å². The third kappa shape index (κ3) is 4.95. The van der Waals surface area contributed by atoms with Gasteiger partial charge in [-0.1, -0.05) is 42.0 Å². The fraction of sp³-hybridized carbons (Fsp3) is 0.172. The number of benzene rings is 3. The first-order valence-electron chi connectivity index (χ1n) is 11.9. The third-order valence-electron chi connectivity index (χ3n) is 6.29. The van der Waals surface area contributed by atoms with E-state index in [-0.39, 0.29) is 11.8 Å². The van der Waals surface area contributed by atoms with E-state index < -0.39 is 0 Å². The fourth-order valence-corrected chi connectivity index (χ4v) is 4.23. The van der Waals surface area contributed by atoms with E-state index in [1.165, 1.54) is 0 Å². The van der Waals surface area contributed by atoms with E-state index in [9.17, 15) is 4.79 Å². The number of hydrogen-bond donors (Lipinski definition) is 2. The van der Waals surface area contributed by atoms with Crippen molar-refractivity contribution in [3.05, 3.63) is 95.9 Å². The van der Waals surface area contributed by atoms with Crippen molar-refractivity contribution < 1.29 is 4.79 Å². The molecule has 1 amide bonds. The first kappa shape index (κ1) is 23.2. The van der Waals surface area contributed by atoms with E-state index in [1.54, 1.807) is 10.9 Å². The molecule has 0 aliphatic heterocycles. The summed E-state index contributed by atoms with van der Waals surface area (Å²) in [6.45, 7) is 6.03. The van der Waals surface area contributed by atoms with Crippen molar-refractivity contribution in [3.8, 4) is 11.1 Å². The third-order valence-corrected chi connectivity index (χ3v) is 6.29. The molecule has 0 spiro atoms. The Hall–Kier alpha value is -4.52. The quantitative estimate of drug-likeness (QED) is 0.308. The highest BCUT2D eigenvalue weighted by molar-refractivity contribution is 5.96. The summed E-state index contributed by atoms with van der Waals surface area (Å²) in [5, 5.41) is 11.4. The van der Waals surface area contributed by atoms with Crippen LogP contribution in [0.2, 0.25) is 0 Å². The maximum Gasteiger partial charge on any atom is 0.231 e. The maximum atomic E-state index is 13.0. The lowest BCUT2D eigenvalue weighted by Crippen LogP contribution is -2.19. The van der Waals surface area contributed by atoms with Crippen LogP contribution in [0, 0.1) is 13.8 Å². The average molecular weight is 477 g/mol. The Kier molecular flexibility index (Phi) is 6.21. The molecule has 5 rings (SSSR count). The normalized spacial score (nSPS) is 11.9. The number of aryl methyl sites for hydroxylation is 3. The zero-order valence-electron chi connectivity index (χ0n) is 20.8. The Morgan fingerprint density at radius 2 is 1.83 bits per heavy atom. The molecule has 0 fully saturated rings. The molecule has 180 valence electrons. The standard InChI is InChI=1S/C29H28N6O/c1-18-6-5-7-21(12-18)20(3)28(36)32-24-10-8-19(2)26(14-24)22-9-11-27-23(13-22)15-30-29(34-27)33-25-16-31-35(4)17-25/h5-17,20H,1-4H3,(H,32,36)(H,30,33,34). The Morgan fingerprint density at radius 1 is 0.972 bits per heavy atom. The van der Waals surface area contributed by atoms with Crippen molar-refractivity contribution in [1.29, 1.82) is 0 Å². The van der Waals surface area contributed by atoms with E-state index in [0.29, 0.717) is 5.95 Å². The van der Waals surface area contributed by atoms with Gasteiger partial charge in [0, 0.05) is 30.5 Å². The summed E-state index contributed by atoms with van der Waals surface area (Å²) in [5.41, 5.74) is 7.81. The van der Waals surface area contributed by atoms with Crippen LogP contribution in [-0.2, 0) is 11.8 Å². The molecular formula is C29H28N6O. The molecule has 2 aromatic heterocycles. The Labute approximate surface area is 210 Å². The molecule has 1 unspecified atom stereocenters. The highest BCUT2D eigenvalue weighted by atomic mass is 16.1. The molecule has 0 radical (unpaired) electrons. The van der Waals surface area contributed by atoms with Crippen LogP contribution in [0.25, 0.3) is 22.0 Å². The van der Waals surface area contributed by atoms with Crippen LogP contribution < -0.4 is 10.6 Å². The first-order chi connectivity index (χ1) is 17.4. The monoisotopic (exact) mass is 476 g/mol. The molecule has 3 aromatic carbocycles. The average Bonchev–Trinajstić information content (AvgIpc) is 3.28. The zero-order valence-corrected chi connectivity index (χ0v) is 20.8. The van der Waals surface area contributed by atoms with Gasteiger partial charge in [0.15, 0.2) is 0 Å². The van der Waals surface area contributed by atoms with E-state index in [0.717, 1.165) is 50.1 Å². The van der Waals surface area contributed by atoms with E-state index in [2.05, 4.69) is 44.8 Å². The minimum absolute atomic E-state index is 0.0315. The minimum Gasteiger partial charge on any atom is -0.326 e. The van der Waals surface area contributed by atoms with Gasteiger partial charge in [0.05, 0.1) is 23.3 Å². The highest BCUT2D eigenvalue weighted by Gasteiger charge is 2.16. The van der Waals surface area contributed by atoms with Crippen molar-refractivity contribution in [1.82, 2.24) is 19.7 Å². The highest BCUT2D eigenvalue weighted by Crippen LogP contribution is 2.30. The van der Waals surface area contributed by atoms with Crippen LogP contribution in [-0.4, -0.2) is 25.7 Å². The molecule has 5 aromatic rings. The first-order valence-corrected chi connectivity index (χ1v) is 11.9. The number of hydrogen-bond acceptors (Lipinski definition) is 5. The van der Waals surface area contributed by atoms with Crippen LogP contribution >= 0.6 is 0 Å². The predicted octanol–water partition coefficient (Wildman–Crippen LogP) is 6.13. The van der Waals surface area contributed by atoms with Gasteiger partial charge in [-0.25, -0.2) is 9.97 Å². The van der Waals surface area contributed by atoms with Crippen molar-refractivity contribution in [2.45, 2.75) is 26.7 Å². The second kappa shape index (κ2) is 9.62. The van der Waals surface area contributed by atoms with Gasteiger partial charge in [-0.3, -0.25) is 9.48 Å². The van der Waals surface area contributed by atoms with Crippen molar-refractivity contribution >= 4 is 34.1 Å². The summed E-state index contributed by atoms with van der Waals surface area (Å²) in [4.78, 5) is 22.1. The largest absolute Gasteiger partial charge is 0.326 e. The summed E-state index contributed by atoms with van der Waals surface area (Å²) in [6, 6.07) is 20.2. The second-order valence-corrected chi connectivity index (χ2v) is 9.15. The molecular weight excluding hydrogens is 448 g/mol. The molecule has 2 N–H and O–H groups in total. The van der Waals surface area contributed by atoms with Crippen molar-refractivity contribution in [2.75, 3.05) is 10.6 Å². The number of carbonyl (C=O) groups is 1. The summed E-state index contributed by atoms with van der Waals surface area (Å²) in [6.07, 6.45) is 5.41. The molecule has 0 bridgehead atoms. The Balaban J connectivity index is 1.37. The van der Waals surface area contributed by atoms with Crippen molar-refractivity contribution in [2.24, 2.45) is 7.05 Å². The molecule has 1 atom stereocenters. The number of anilines is 3. The van der Waals surface area contributed by atoms with Gasteiger partial charge in [0.1, 0.15) is 0 Å². The summed E-state index contributed by atoms with van der Waals surface area (Å²) in [5.74, 6) is 0.241. The SMILES string of the molecule is Cc1cccc(C(C)C(=O)Nc2ccc(C)c(-c3ccc4nc(Nc5cnn(C)c5)ncc4c3)c2)c1. The van der Waals surface area contributed by atoms with E-state index in [4.69, 9.17) is 0 Å². The van der Waals surface area contributed by atoms with Crippen LogP contribution in [0.3, 0.4) is 0 Å². The topological polar surface area (TPSA) is 84.7 Å². The summed E-state index contributed by atoms with van der Waals surface area (Å²) < 4.78 is 1.72. The lowest BCUT2D eigenvalue weighted by Gasteiger charge is -2.15. The number of rotatable bonds is 6. The molecule has 0 aliphatic rings. The van der Waals surface area contributed by atoms with Gasteiger partial charge in [-0.2, -0.15) is 5.10 Å². The van der Waals surface area contributed by atoms with Crippen LogP contribution in [0.4, 0.5) is 17.3 Å². The molecule has 7 nitrogen and oxygen atoms in total. The van der Waals surface area contributed by atoms with Crippen LogP contribution in [0.15, 0.2) is 79.3 Å². The van der Waals surface area contributed by atoms with Gasteiger partial charge in [0.25, 0.3) is 0 Å². The second-order valence-electron chi connectivity index (χ2n) is 9.15. The predicted molar refractivity (Wildman–Crippen MR) is 144 cm³/mol. The lowest BCUT2D eigenvalue weighted by atomic mass is 9.97. The molecule has 2 heterocycles. The number of nitrogens with one attached hydrogen (secondary N) is 2. The smallest absolute Gasteiger partial charge is 0.231 e. The summed E-state index contributed by atoms with van der Waals surface area (Å²) in [7, 11) is 1.86. The summed E-state index contributed by atoms with van der Waals surface area (Å²) >= 11 is 0. The lowest BCUT2D eigenvalue weighted by molar-refractivity contribution is -0.117. The van der Waals surface area contributed by atoms with Crippen molar-refractivity contribution in [3.63, 3.8) is 0 Å². The number of amides is 1. The van der Waals surface area contributed by atoms with Gasteiger partial charge in [0.2, 0.25) is 11.9 Å². The van der Waals surface area contributed by atoms with E-state index in [1.807, 2.05) is 81.8 Å². The van der Waals surface area contributed by atoms with Crippen LogP contribution in [0.5, 0.6) is 0 Å². The molecule has 0 aliphatic carbocycles. The number of carbonyl (C=O) groups excluding carboxylic acids is 1. The van der Waals surface area contributed by atoms with Gasteiger partial charge < -0.3 is 10.6 Å². The Bertz CT molecular complexity index is 1570. The van der Waals surface area contributed by atoms with E-state index >= 15 is 0 Å². The molecule has 7 heteroatoms. The number of nitrogens with zero attached hydrogens (tertiary/aromatic N) is 4. The number of fused-ring (bicyclic) bond motifs is 1. The number of aromatic nitrogens is 4.